The van der Waals surface area contributed by atoms with Gasteiger partial charge in [-0.15, -0.1) is 10.2 Å². The third-order valence-corrected chi connectivity index (χ3v) is 6.48. The van der Waals surface area contributed by atoms with Crippen LogP contribution in [0.15, 0.2) is 47.6 Å². The average Bonchev–Trinajstić information content (AvgIpc) is 3.20. The number of carbonyl (C=O) groups excluding carboxylic acids is 1. The van der Waals surface area contributed by atoms with Gasteiger partial charge in [-0.05, 0) is 42.0 Å². The fraction of sp³-hybridized carbons (Fsp3) is 0.286. The van der Waals surface area contributed by atoms with Gasteiger partial charge >= 0.3 is 0 Å². The molecule has 3 aromatic rings. The van der Waals surface area contributed by atoms with Gasteiger partial charge in [0.2, 0.25) is 11.1 Å². The first kappa shape index (κ1) is 21.3. The summed E-state index contributed by atoms with van der Waals surface area (Å²) in [6, 6.07) is 12.3. The number of carbonyl (C=O) groups is 1. The molecule has 0 radical (unpaired) electrons. The number of amides is 1. The predicted molar refractivity (Wildman–Crippen MR) is 121 cm³/mol. The second-order valence-corrected chi connectivity index (χ2v) is 8.36. The van der Waals surface area contributed by atoms with Crippen LogP contribution in [0.2, 0.25) is 5.02 Å². The van der Waals surface area contributed by atoms with Crippen LogP contribution in [-0.2, 0) is 11.2 Å². The molecule has 0 unspecified atom stereocenters. The molecular weight excluding hydrogens is 438 g/mol. The zero-order valence-electron chi connectivity index (χ0n) is 17.3. The lowest BCUT2D eigenvalue weighted by Crippen LogP contribution is -2.41. The predicted octanol–water partition coefficient (Wildman–Crippen LogP) is 3.91. The lowest BCUT2D eigenvalue weighted by molar-refractivity contribution is -0.116. The minimum Gasteiger partial charge on any atom is -0.497 e. The summed E-state index contributed by atoms with van der Waals surface area (Å²) in [5.74, 6) is 1.93. The molecule has 1 aliphatic rings. The Labute approximate surface area is 189 Å². The van der Waals surface area contributed by atoms with E-state index in [2.05, 4.69) is 20.9 Å². The monoisotopic (exact) mass is 459 g/mol. The zero-order chi connectivity index (χ0) is 22.0. The molecule has 0 saturated carbocycles. The number of methoxy groups -OCH3 is 2. The maximum atomic E-state index is 13.3. The molecule has 0 saturated heterocycles. The maximum Gasteiger partial charge on any atom is 0.240 e. The Balaban J connectivity index is 1.66. The number of hydrogen-bond acceptors (Lipinski definition) is 7. The van der Waals surface area contributed by atoms with Crippen LogP contribution < -0.4 is 20.2 Å². The molecular formula is C21H22ClN5O3S. The van der Waals surface area contributed by atoms with Gasteiger partial charge < -0.3 is 20.2 Å². The van der Waals surface area contributed by atoms with E-state index in [0.717, 1.165) is 17.1 Å². The van der Waals surface area contributed by atoms with Crippen molar-refractivity contribution < 1.29 is 14.3 Å². The highest BCUT2D eigenvalue weighted by molar-refractivity contribution is 8.00. The molecule has 1 amide bonds. The largest absolute Gasteiger partial charge is 0.497 e. The van der Waals surface area contributed by atoms with Gasteiger partial charge in [0, 0.05) is 12.1 Å². The van der Waals surface area contributed by atoms with Gasteiger partial charge in [0.15, 0.2) is 5.82 Å². The Hall–Kier alpha value is -2.91. The summed E-state index contributed by atoms with van der Waals surface area (Å²) in [5, 5.41) is 12.1. The Morgan fingerprint density at radius 3 is 2.61 bits per heavy atom. The lowest BCUT2D eigenvalue weighted by Gasteiger charge is -2.33. The number of anilines is 1. The smallest absolute Gasteiger partial charge is 0.240 e. The number of fused-ring (bicyclic) bond motifs is 1. The zero-order valence-corrected chi connectivity index (χ0v) is 18.8. The molecule has 2 aromatic carbocycles. The number of halogens is 1. The van der Waals surface area contributed by atoms with Gasteiger partial charge in [0.1, 0.15) is 16.7 Å². The molecule has 162 valence electrons. The average molecular weight is 460 g/mol. The number of thioether (sulfide) groups is 1. The first-order valence-corrected chi connectivity index (χ1v) is 11.0. The molecule has 0 bridgehead atoms. The minimum absolute atomic E-state index is 0.160. The van der Waals surface area contributed by atoms with E-state index in [0.29, 0.717) is 28.0 Å². The fourth-order valence-corrected chi connectivity index (χ4v) is 4.71. The van der Waals surface area contributed by atoms with Gasteiger partial charge in [-0.3, -0.25) is 4.79 Å². The maximum absolute atomic E-state index is 13.3. The molecule has 2 atom stereocenters. The number of rotatable bonds is 6. The lowest BCUT2D eigenvalue weighted by atomic mass is 10.0. The normalized spacial score (nSPS) is 17.4. The van der Waals surface area contributed by atoms with Gasteiger partial charge in [-0.25, -0.2) is 4.68 Å². The second kappa shape index (κ2) is 9.07. The van der Waals surface area contributed by atoms with Gasteiger partial charge in [0.05, 0.1) is 25.3 Å². The number of benzene rings is 2. The number of hydrogen-bond donors (Lipinski definition) is 2. The van der Waals surface area contributed by atoms with Crippen LogP contribution in [0.1, 0.15) is 24.4 Å². The fourth-order valence-electron chi connectivity index (χ4n) is 3.34. The highest BCUT2D eigenvalue weighted by atomic mass is 35.5. The van der Waals surface area contributed by atoms with Crippen molar-refractivity contribution in [2.24, 2.45) is 0 Å². The number of nitrogens with one attached hydrogen (secondary N) is 2. The van der Waals surface area contributed by atoms with Crippen molar-refractivity contribution >= 4 is 35.0 Å². The van der Waals surface area contributed by atoms with Crippen molar-refractivity contribution in [2.45, 2.75) is 29.8 Å². The number of ether oxygens (including phenoxy) is 2. The van der Waals surface area contributed by atoms with E-state index in [1.165, 1.54) is 11.8 Å². The SMILES string of the molecule is CCc1nnc2n1N[C@@H](c1ccc(OC)c(Cl)c1)[C@@H](C(=O)Nc1ccc(OC)cc1)S2. The third-order valence-electron chi connectivity index (χ3n) is 4.97. The summed E-state index contributed by atoms with van der Waals surface area (Å²) in [4.78, 5) is 13.3. The van der Waals surface area contributed by atoms with Gasteiger partial charge in [-0.2, -0.15) is 0 Å². The van der Waals surface area contributed by atoms with E-state index in [4.69, 9.17) is 21.1 Å². The third kappa shape index (κ3) is 4.28. The van der Waals surface area contributed by atoms with Crippen molar-refractivity contribution in [1.29, 1.82) is 0 Å². The summed E-state index contributed by atoms with van der Waals surface area (Å²) in [6.45, 7) is 2.01. The van der Waals surface area contributed by atoms with E-state index in [1.54, 1.807) is 44.6 Å². The van der Waals surface area contributed by atoms with Crippen molar-refractivity contribution in [3.8, 4) is 11.5 Å². The summed E-state index contributed by atoms with van der Waals surface area (Å²) < 4.78 is 12.3. The molecule has 1 aromatic heterocycles. The molecule has 1 aliphatic heterocycles. The minimum atomic E-state index is -0.507. The van der Waals surface area contributed by atoms with Crippen molar-refractivity contribution in [3.05, 3.63) is 58.9 Å². The Kier molecular flexibility index (Phi) is 6.24. The first-order chi connectivity index (χ1) is 15.0. The van der Waals surface area contributed by atoms with E-state index < -0.39 is 5.25 Å². The molecule has 2 N–H and O–H groups in total. The van der Waals surface area contributed by atoms with Crippen LogP contribution in [-0.4, -0.2) is 40.3 Å². The molecule has 2 heterocycles. The Morgan fingerprint density at radius 2 is 1.97 bits per heavy atom. The highest BCUT2D eigenvalue weighted by Gasteiger charge is 2.38. The number of nitrogens with zero attached hydrogens (tertiary/aromatic N) is 3. The van der Waals surface area contributed by atoms with Crippen LogP contribution in [0.4, 0.5) is 5.69 Å². The van der Waals surface area contributed by atoms with Crippen LogP contribution in [0, 0.1) is 0 Å². The quantitative estimate of drug-likeness (QED) is 0.577. The Bertz CT molecular complexity index is 1090. The molecule has 31 heavy (non-hydrogen) atoms. The first-order valence-electron chi connectivity index (χ1n) is 9.70. The summed E-state index contributed by atoms with van der Waals surface area (Å²) >= 11 is 7.73. The van der Waals surface area contributed by atoms with Crippen molar-refractivity contribution in [1.82, 2.24) is 14.9 Å². The topological polar surface area (TPSA) is 90.3 Å². The molecule has 4 rings (SSSR count). The van der Waals surface area contributed by atoms with Crippen LogP contribution in [0.25, 0.3) is 0 Å². The summed E-state index contributed by atoms with van der Waals surface area (Å²) in [5.41, 5.74) is 4.94. The molecule has 0 aliphatic carbocycles. The van der Waals surface area contributed by atoms with E-state index in [9.17, 15) is 4.79 Å². The van der Waals surface area contributed by atoms with Crippen molar-refractivity contribution in [2.75, 3.05) is 25.0 Å². The standard InChI is InChI=1S/C21H22ClN5O3S/c1-4-17-24-25-21-27(17)26-18(12-5-10-16(30-3)15(22)11-12)19(31-21)20(28)23-13-6-8-14(29-2)9-7-13/h5-11,18-19,26H,4H2,1-3H3,(H,23,28)/t18-,19-/m0/s1. The van der Waals surface area contributed by atoms with Crippen LogP contribution >= 0.6 is 23.4 Å². The van der Waals surface area contributed by atoms with Crippen molar-refractivity contribution in [3.63, 3.8) is 0 Å². The summed E-state index contributed by atoms with van der Waals surface area (Å²) in [7, 11) is 3.17. The van der Waals surface area contributed by atoms with Gasteiger partial charge in [-0.1, -0.05) is 36.4 Å². The van der Waals surface area contributed by atoms with E-state index >= 15 is 0 Å². The highest BCUT2D eigenvalue weighted by Crippen LogP contribution is 2.39. The van der Waals surface area contributed by atoms with Crippen LogP contribution in [0.5, 0.6) is 11.5 Å². The van der Waals surface area contributed by atoms with Crippen LogP contribution in [0.3, 0.4) is 0 Å². The Morgan fingerprint density at radius 1 is 1.19 bits per heavy atom. The molecule has 0 spiro atoms. The van der Waals surface area contributed by atoms with Gasteiger partial charge in [0.25, 0.3) is 0 Å². The molecule has 8 nitrogen and oxygen atoms in total. The summed E-state index contributed by atoms with van der Waals surface area (Å²) in [6.07, 6.45) is 0.708. The second-order valence-electron chi connectivity index (χ2n) is 6.84. The van der Waals surface area contributed by atoms with E-state index in [1.807, 2.05) is 23.7 Å². The number of aromatic nitrogens is 3. The number of aryl methyl sites for hydroxylation is 1. The van der Waals surface area contributed by atoms with E-state index in [-0.39, 0.29) is 11.9 Å². The molecule has 10 heteroatoms. The molecule has 0 fully saturated rings.